The number of thiazole rings is 1. The van der Waals surface area contributed by atoms with Gasteiger partial charge in [0.25, 0.3) is 0 Å². The summed E-state index contributed by atoms with van der Waals surface area (Å²) < 4.78 is 0. The lowest BCUT2D eigenvalue weighted by molar-refractivity contribution is 0.659. The van der Waals surface area contributed by atoms with Crippen molar-refractivity contribution in [2.45, 2.75) is 20.0 Å². The lowest BCUT2D eigenvalue weighted by atomic mass is 10.4. The third kappa shape index (κ3) is 3.06. The van der Waals surface area contributed by atoms with E-state index < -0.39 is 0 Å². The van der Waals surface area contributed by atoms with Crippen LogP contribution in [0.15, 0.2) is 30.2 Å². The number of nitrogens with one attached hydrogen (secondary N) is 2. The van der Waals surface area contributed by atoms with Crippen LogP contribution in [0.2, 0.25) is 0 Å². The Kier molecular flexibility index (Phi) is 3.80. The van der Waals surface area contributed by atoms with Crippen molar-refractivity contribution < 1.29 is 0 Å². The minimum Gasteiger partial charge on any atom is -0.345 e. The first kappa shape index (κ1) is 12.9. The van der Waals surface area contributed by atoms with Gasteiger partial charge in [-0.15, -0.1) is 11.3 Å². The molecule has 0 unspecified atom stereocenters. The first-order valence-corrected chi connectivity index (χ1v) is 7.11. The van der Waals surface area contributed by atoms with Crippen molar-refractivity contribution >= 4 is 11.3 Å². The van der Waals surface area contributed by atoms with Gasteiger partial charge in [0.15, 0.2) is 0 Å². The molecule has 3 heterocycles. The van der Waals surface area contributed by atoms with E-state index in [-0.39, 0.29) is 0 Å². The van der Waals surface area contributed by atoms with Crippen molar-refractivity contribution in [1.29, 1.82) is 0 Å². The predicted molar refractivity (Wildman–Crippen MR) is 77.0 cm³/mol. The summed E-state index contributed by atoms with van der Waals surface area (Å²) in [6.07, 6.45) is 6.88. The molecule has 3 aromatic heterocycles. The molecule has 3 rings (SSSR count). The highest BCUT2D eigenvalue weighted by molar-refractivity contribution is 7.13. The summed E-state index contributed by atoms with van der Waals surface area (Å²) in [5.74, 6) is 0.937. The van der Waals surface area contributed by atoms with E-state index >= 15 is 0 Å². The Morgan fingerprint density at radius 1 is 1.20 bits per heavy atom. The van der Waals surface area contributed by atoms with Crippen molar-refractivity contribution in [3.8, 4) is 10.7 Å². The van der Waals surface area contributed by atoms with Crippen molar-refractivity contribution in [2.24, 2.45) is 0 Å². The van der Waals surface area contributed by atoms with Crippen LogP contribution in [0, 0.1) is 6.92 Å². The number of hydrogen-bond donors (Lipinski definition) is 2. The number of aryl methyl sites for hydroxylation is 1. The van der Waals surface area contributed by atoms with Gasteiger partial charge in [0.2, 0.25) is 0 Å². The zero-order valence-electron chi connectivity index (χ0n) is 11.0. The van der Waals surface area contributed by atoms with E-state index in [1.807, 2.05) is 18.5 Å². The summed E-state index contributed by atoms with van der Waals surface area (Å²) in [5, 5.41) is 6.23. The molecule has 0 bridgehead atoms. The third-order valence-electron chi connectivity index (χ3n) is 2.69. The minimum atomic E-state index is 0.700. The topological polar surface area (TPSA) is 79.4 Å². The molecule has 0 amide bonds. The molecule has 2 N–H and O–H groups in total. The fourth-order valence-electron chi connectivity index (χ4n) is 1.78. The summed E-state index contributed by atoms with van der Waals surface area (Å²) in [6.45, 7) is 3.40. The number of H-pyrrole nitrogens is 1. The maximum atomic E-state index is 4.54. The SMILES string of the molecule is Cc1cnc(CNCc2csc(-c3cnccn3)n2)[nH]1. The Hall–Kier alpha value is -2.12. The van der Waals surface area contributed by atoms with Crippen LogP contribution in [0.1, 0.15) is 17.2 Å². The molecule has 0 spiro atoms. The largest absolute Gasteiger partial charge is 0.345 e. The monoisotopic (exact) mass is 286 g/mol. The Balaban J connectivity index is 1.58. The Labute approximate surface area is 120 Å². The highest BCUT2D eigenvalue weighted by Gasteiger charge is 2.06. The molecule has 20 heavy (non-hydrogen) atoms. The van der Waals surface area contributed by atoms with E-state index in [0.29, 0.717) is 13.1 Å². The van der Waals surface area contributed by atoms with Crippen LogP contribution in [0.25, 0.3) is 10.7 Å². The second-order valence-corrected chi connectivity index (χ2v) is 5.21. The fraction of sp³-hybridized carbons (Fsp3) is 0.231. The molecule has 0 radical (unpaired) electrons. The maximum Gasteiger partial charge on any atom is 0.143 e. The Bertz CT molecular complexity index is 675. The Morgan fingerprint density at radius 2 is 2.15 bits per heavy atom. The van der Waals surface area contributed by atoms with E-state index in [1.54, 1.807) is 29.9 Å². The molecular formula is C13H14N6S. The molecule has 0 saturated carbocycles. The first-order chi connectivity index (χ1) is 9.81. The summed E-state index contributed by atoms with van der Waals surface area (Å²) >= 11 is 1.58. The number of imidazole rings is 1. The molecule has 0 aliphatic carbocycles. The van der Waals surface area contributed by atoms with E-state index in [2.05, 4.69) is 30.2 Å². The van der Waals surface area contributed by atoms with Crippen LogP contribution in [0.4, 0.5) is 0 Å². The maximum absolute atomic E-state index is 4.54. The number of aromatic amines is 1. The smallest absolute Gasteiger partial charge is 0.143 e. The molecule has 0 atom stereocenters. The molecule has 0 aliphatic heterocycles. The predicted octanol–water partition coefficient (Wildman–Crippen LogP) is 1.92. The minimum absolute atomic E-state index is 0.700. The number of rotatable bonds is 5. The van der Waals surface area contributed by atoms with Crippen LogP contribution in [-0.2, 0) is 13.1 Å². The van der Waals surface area contributed by atoms with Gasteiger partial charge in [-0.3, -0.25) is 9.97 Å². The summed E-state index contributed by atoms with van der Waals surface area (Å²) in [7, 11) is 0. The molecule has 7 heteroatoms. The van der Waals surface area contributed by atoms with Crippen LogP contribution >= 0.6 is 11.3 Å². The van der Waals surface area contributed by atoms with Gasteiger partial charge in [-0.1, -0.05) is 0 Å². The summed E-state index contributed by atoms with van der Waals surface area (Å²) in [5.41, 5.74) is 2.88. The van der Waals surface area contributed by atoms with E-state index in [9.17, 15) is 0 Å². The highest BCUT2D eigenvalue weighted by Crippen LogP contribution is 2.20. The van der Waals surface area contributed by atoms with E-state index in [0.717, 1.165) is 27.9 Å². The van der Waals surface area contributed by atoms with Crippen molar-refractivity contribution in [3.63, 3.8) is 0 Å². The highest BCUT2D eigenvalue weighted by atomic mass is 32.1. The molecular weight excluding hydrogens is 272 g/mol. The zero-order valence-corrected chi connectivity index (χ0v) is 11.8. The molecule has 6 nitrogen and oxygen atoms in total. The van der Waals surface area contributed by atoms with Crippen molar-refractivity contribution in [2.75, 3.05) is 0 Å². The summed E-state index contributed by atoms with van der Waals surface area (Å²) in [6, 6.07) is 0. The lowest BCUT2D eigenvalue weighted by Crippen LogP contribution is -2.13. The Morgan fingerprint density at radius 3 is 2.90 bits per heavy atom. The van der Waals surface area contributed by atoms with Crippen molar-refractivity contribution in [3.05, 3.63) is 47.4 Å². The van der Waals surface area contributed by atoms with Gasteiger partial charge in [-0.05, 0) is 6.92 Å². The van der Waals surface area contributed by atoms with Crippen LogP contribution in [0.3, 0.4) is 0 Å². The second-order valence-electron chi connectivity index (χ2n) is 4.35. The van der Waals surface area contributed by atoms with Gasteiger partial charge in [0.05, 0.1) is 18.4 Å². The molecule has 0 aromatic carbocycles. The van der Waals surface area contributed by atoms with Crippen LogP contribution in [-0.4, -0.2) is 24.9 Å². The number of aromatic nitrogens is 5. The average Bonchev–Trinajstić information content (AvgIpc) is 3.09. The molecule has 0 fully saturated rings. The average molecular weight is 286 g/mol. The van der Waals surface area contributed by atoms with Crippen LogP contribution in [0.5, 0.6) is 0 Å². The first-order valence-electron chi connectivity index (χ1n) is 6.23. The van der Waals surface area contributed by atoms with Gasteiger partial charge >= 0.3 is 0 Å². The number of nitrogens with zero attached hydrogens (tertiary/aromatic N) is 4. The molecule has 102 valence electrons. The lowest BCUT2D eigenvalue weighted by Gasteiger charge is -1.99. The molecule has 0 saturated heterocycles. The van der Waals surface area contributed by atoms with E-state index in [4.69, 9.17) is 0 Å². The normalized spacial score (nSPS) is 10.8. The number of hydrogen-bond acceptors (Lipinski definition) is 6. The standard InChI is InChI=1S/C13H14N6S/c1-9-4-17-12(18-9)7-15-5-10-8-20-13(19-10)11-6-14-2-3-16-11/h2-4,6,8,15H,5,7H2,1H3,(H,17,18). The summed E-state index contributed by atoms with van der Waals surface area (Å²) in [4.78, 5) is 20.3. The molecule has 3 aromatic rings. The fourth-order valence-corrected chi connectivity index (χ4v) is 2.56. The van der Waals surface area contributed by atoms with Gasteiger partial charge in [0.1, 0.15) is 16.5 Å². The van der Waals surface area contributed by atoms with Gasteiger partial charge < -0.3 is 10.3 Å². The van der Waals surface area contributed by atoms with Crippen LogP contribution < -0.4 is 5.32 Å². The third-order valence-corrected chi connectivity index (χ3v) is 3.60. The van der Waals surface area contributed by atoms with E-state index in [1.165, 1.54) is 0 Å². The van der Waals surface area contributed by atoms with Gasteiger partial charge in [-0.2, -0.15) is 0 Å². The van der Waals surface area contributed by atoms with Crippen molar-refractivity contribution in [1.82, 2.24) is 30.2 Å². The molecule has 0 aliphatic rings. The second kappa shape index (κ2) is 5.89. The van der Waals surface area contributed by atoms with Gasteiger partial charge in [-0.25, -0.2) is 9.97 Å². The zero-order chi connectivity index (χ0) is 13.8. The van der Waals surface area contributed by atoms with Gasteiger partial charge in [0, 0.05) is 36.2 Å². The quantitative estimate of drug-likeness (QED) is 0.749.